The summed E-state index contributed by atoms with van der Waals surface area (Å²) in [5.41, 5.74) is -1.76. The van der Waals surface area contributed by atoms with Crippen LogP contribution in [0.1, 0.15) is 33.6 Å². The number of esters is 1. The third-order valence-corrected chi connectivity index (χ3v) is 5.45. The topological polar surface area (TPSA) is 97.7 Å². The summed E-state index contributed by atoms with van der Waals surface area (Å²) in [6.45, 7) is 5.29. The van der Waals surface area contributed by atoms with Crippen LogP contribution in [-0.4, -0.2) is 43.6 Å². The van der Waals surface area contributed by atoms with Gasteiger partial charge >= 0.3 is 11.9 Å². The Morgan fingerprint density at radius 3 is 2.35 bits per heavy atom. The zero-order valence-electron chi connectivity index (χ0n) is 12.1. The summed E-state index contributed by atoms with van der Waals surface area (Å²) in [4.78, 5) is 24.0. The number of hydrogen-bond acceptors (Lipinski definition) is 5. The largest absolute Gasteiger partial charge is 0.480 e. The number of carbonyl (C=O) groups is 2. The number of hydrogen-bond donors (Lipinski definition) is 1. The van der Waals surface area contributed by atoms with Gasteiger partial charge in [0.2, 0.25) is 0 Å². The monoisotopic (exact) mass is 306 g/mol. The first-order valence-corrected chi connectivity index (χ1v) is 8.59. The van der Waals surface area contributed by atoms with E-state index in [0.717, 1.165) is 0 Å². The molecule has 0 amide bonds. The van der Waals surface area contributed by atoms with E-state index in [1.807, 2.05) is 0 Å². The van der Waals surface area contributed by atoms with Gasteiger partial charge in [0.1, 0.15) is 0 Å². The Morgan fingerprint density at radius 2 is 2.00 bits per heavy atom. The average molecular weight is 306 g/mol. The lowest BCUT2D eigenvalue weighted by Crippen LogP contribution is -2.48. The first kappa shape index (κ1) is 16.9. The smallest absolute Gasteiger partial charge is 0.323 e. The third kappa shape index (κ3) is 3.31. The van der Waals surface area contributed by atoms with Crippen LogP contribution < -0.4 is 0 Å². The second-order valence-electron chi connectivity index (χ2n) is 5.69. The van der Waals surface area contributed by atoms with Gasteiger partial charge in [-0.05, 0) is 25.7 Å². The van der Waals surface area contributed by atoms with E-state index in [4.69, 9.17) is 4.74 Å². The molecule has 0 saturated carbocycles. The van der Waals surface area contributed by atoms with Crippen LogP contribution in [0.2, 0.25) is 0 Å². The maximum atomic E-state index is 12.2. The summed E-state index contributed by atoms with van der Waals surface area (Å²) < 4.78 is 28.2. The number of carboxylic acid groups (broad SMARTS) is 1. The Kier molecular flexibility index (Phi) is 5.18. The summed E-state index contributed by atoms with van der Waals surface area (Å²) in [5, 5.41) is 9.60. The molecule has 0 aliphatic carbocycles. The number of carbonyl (C=O) groups excluding carboxylic acids is 1. The molecule has 1 saturated heterocycles. The molecular weight excluding hydrogens is 284 g/mol. The molecule has 1 heterocycles. The van der Waals surface area contributed by atoms with Crippen molar-refractivity contribution in [2.75, 3.05) is 18.1 Å². The van der Waals surface area contributed by atoms with E-state index >= 15 is 0 Å². The molecule has 7 heteroatoms. The number of aliphatic carboxylic acids is 1. The molecule has 2 atom stereocenters. The highest BCUT2D eigenvalue weighted by atomic mass is 32.2. The van der Waals surface area contributed by atoms with Crippen molar-refractivity contribution in [3.05, 3.63) is 0 Å². The van der Waals surface area contributed by atoms with Gasteiger partial charge < -0.3 is 9.84 Å². The van der Waals surface area contributed by atoms with Crippen molar-refractivity contribution in [2.24, 2.45) is 17.3 Å². The molecule has 1 N–H and O–H groups in total. The zero-order valence-corrected chi connectivity index (χ0v) is 12.9. The van der Waals surface area contributed by atoms with Crippen molar-refractivity contribution >= 4 is 21.8 Å². The molecule has 1 rings (SSSR count). The van der Waals surface area contributed by atoms with Crippen molar-refractivity contribution in [3.8, 4) is 0 Å². The third-order valence-electron chi connectivity index (χ3n) is 3.68. The van der Waals surface area contributed by atoms with Crippen LogP contribution in [0.3, 0.4) is 0 Å². The minimum atomic E-state index is -3.27. The SMILES string of the molecule is CCOC(=O)C(CC(C)C)(C(=O)O)C1CCS(=O)(=O)C1. The van der Waals surface area contributed by atoms with Gasteiger partial charge in [0.25, 0.3) is 0 Å². The molecule has 1 aliphatic heterocycles. The van der Waals surface area contributed by atoms with E-state index in [2.05, 4.69) is 0 Å². The highest BCUT2D eigenvalue weighted by Gasteiger charge is 2.56. The van der Waals surface area contributed by atoms with Crippen molar-refractivity contribution in [1.29, 1.82) is 0 Å². The van der Waals surface area contributed by atoms with Gasteiger partial charge in [-0.2, -0.15) is 0 Å². The van der Waals surface area contributed by atoms with Gasteiger partial charge in [-0.15, -0.1) is 0 Å². The van der Waals surface area contributed by atoms with Gasteiger partial charge in [-0.3, -0.25) is 9.59 Å². The number of sulfone groups is 1. The molecule has 2 unspecified atom stereocenters. The normalized spacial score (nSPS) is 24.3. The number of ether oxygens (including phenoxy) is 1. The maximum Gasteiger partial charge on any atom is 0.323 e. The molecule has 20 heavy (non-hydrogen) atoms. The number of rotatable bonds is 6. The van der Waals surface area contributed by atoms with Gasteiger partial charge in [-0.1, -0.05) is 13.8 Å². The van der Waals surface area contributed by atoms with E-state index in [9.17, 15) is 23.1 Å². The van der Waals surface area contributed by atoms with Crippen molar-refractivity contribution < 1.29 is 27.9 Å². The van der Waals surface area contributed by atoms with Crippen LogP contribution >= 0.6 is 0 Å². The Labute approximate surface area is 119 Å². The van der Waals surface area contributed by atoms with E-state index in [-0.39, 0.29) is 36.9 Å². The summed E-state index contributed by atoms with van der Waals surface area (Å²) in [6, 6.07) is 0. The van der Waals surface area contributed by atoms with Crippen LogP contribution in [0.4, 0.5) is 0 Å². The number of carboxylic acids is 1. The fourth-order valence-electron chi connectivity index (χ4n) is 2.85. The molecule has 0 spiro atoms. The standard InChI is InChI=1S/C13H22O6S/c1-4-19-12(16)13(11(14)15,7-9(2)3)10-5-6-20(17,18)8-10/h9-10H,4-8H2,1-3H3,(H,14,15). The van der Waals surface area contributed by atoms with Crippen molar-refractivity contribution in [1.82, 2.24) is 0 Å². The van der Waals surface area contributed by atoms with Gasteiger partial charge in [-0.25, -0.2) is 8.42 Å². The molecule has 0 bridgehead atoms. The van der Waals surface area contributed by atoms with Crippen molar-refractivity contribution in [3.63, 3.8) is 0 Å². The summed E-state index contributed by atoms with van der Waals surface area (Å²) in [5.74, 6) is -3.20. The first-order valence-electron chi connectivity index (χ1n) is 6.76. The second-order valence-corrected chi connectivity index (χ2v) is 7.92. The zero-order chi connectivity index (χ0) is 15.6. The Balaban J connectivity index is 3.23. The lowest BCUT2D eigenvalue weighted by Gasteiger charge is -2.33. The Bertz CT molecular complexity index is 481. The molecule has 0 aromatic rings. The first-order chi connectivity index (χ1) is 9.15. The van der Waals surface area contributed by atoms with Crippen molar-refractivity contribution in [2.45, 2.75) is 33.6 Å². The van der Waals surface area contributed by atoms with Crippen LogP contribution in [0, 0.1) is 17.3 Å². The molecule has 6 nitrogen and oxygen atoms in total. The fourth-order valence-corrected chi connectivity index (χ4v) is 4.73. The maximum absolute atomic E-state index is 12.2. The summed E-state index contributed by atoms with van der Waals surface area (Å²) in [6.07, 6.45) is 0.279. The average Bonchev–Trinajstić information content (AvgIpc) is 2.66. The molecule has 0 radical (unpaired) electrons. The highest BCUT2D eigenvalue weighted by Crippen LogP contribution is 2.42. The minimum absolute atomic E-state index is 0.0567. The summed E-state index contributed by atoms with van der Waals surface area (Å²) in [7, 11) is -3.27. The lowest BCUT2D eigenvalue weighted by atomic mass is 9.70. The predicted octanol–water partition coefficient (Wildman–Crippen LogP) is 1.10. The van der Waals surface area contributed by atoms with Crippen LogP contribution in [0.25, 0.3) is 0 Å². The Hall–Kier alpha value is -1.11. The van der Waals surface area contributed by atoms with E-state index < -0.39 is 33.1 Å². The quantitative estimate of drug-likeness (QED) is 0.583. The molecule has 0 aromatic carbocycles. The van der Waals surface area contributed by atoms with Crippen LogP contribution in [0.5, 0.6) is 0 Å². The van der Waals surface area contributed by atoms with E-state index in [1.165, 1.54) is 0 Å². The highest BCUT2D eigenvalue weighted by molar-refractivity contribution is 7.91. The Morgan fingerprint density at radius 1 is 1.40 bits per heavy atom. The molecule has 116 valence electrons. The van der Waals surface area contributed by atoms with Gasteiger partial charge in [0.05, 0.1) is 18.1 Å². The summed E-state index contributed by atoms with van der Waals surface area (Å²) >= 11 is 0. The fraction of sp³-hybridized carbons (Fsp3) is 0.846. The lowest BCUT2D eigenvalue weighted by molar-refractivity contribution is -0.174. The molecule has 0 aromatic heterocycles. The molecule has 1 aliphatic rings. The van der Waals surface area contributed by atoms with Gasteiger partial charge in [0, 0.05) is 5.92 Å². The van der Waals surface area contributed by atoms with E-state index in [0.29, 0.717) is 0 Å². The molecule has 1 fully saturated rings. The second kappa shape index (κ2) is 6.11. The predicted molar refractivity (Wildman–Crippen MR) is 72.9 cm³/mol. The van der Waals surface area contributed by atoms with E-state index in [1.54, 1.807) is 20.8 Å². The van der Waals surface area contributed by atoms with Gasteiger partial charge in [0.15, 0.2) is 15.3 Å². The minimum Gasteiger partial charge on any atom is -0.480 e. The van der Waals surface area contributed by atoms with Crippen LogP contribution in [-0.2, 0) is 24.2 Å². The molecular formula is C13H22O6S. The van der Waals surface area contributed by atoms with Crippen LogP contribution in [0.15, 0.2) is 0 Å².